The lowest BCUT2D eigenvalue weighted by Crippen LogP contribution is -2.47. The van der Waals surface area contributed by atoms with Crippen molar-refractivity contribution in [3.63, 3.8) is 0 Å². The van der Waals surface area contributed by atoms with E-state index in [9.17, 15) is 27.6 Å². The molecule has 0 bridgehead atoms. The van der Waals surface area contributed by atoms with Crippen LogP contribution in [0.2, 0.25) is 0 Å². The van der Waals surface area contributed by atoms with Gasteiger partial charge in [-0.1, -0.05) is 38.3 Å². The Morgan fingerprint density at radius 3 is 2.42 bits per heavy atom. The minimum absolute atomic E-state index is 0.0154. The molecule has 1 heterocycles. The van der Waals surface area contributed by atoms with Gasteiger partial charge in [-0.25, -0.2) is 4.39 Å². The number of halogens is 4. The van der Waals surface area contributed by atoms with Crippen molar-refractivity contribution in [2.45, 2.75) is 76.4 Å². The summed E-state index contributed by atoms with van der Waals surface area (Å²) >= 11 is 0. The number of rotatable bonds is 6. The summed E-state index contributed by atoms with van der Waals surface area (Å²) < 4.78 is 53.9. The SMILES string of the molecule is CCC(=O)C(NC(=O)c1cccc(C2CCCN(C(=O)C(F)(F)F)C2)c1F)C1CCCCC1. The molecule has 0 aromatic heterocycles. The first kappa shape index (κ1) is 25.2. The molecule has 1 aliphatic carbocycles. The molecule has 0 spiro atoms. The van der Waals surface area contributed by atoms with Crippen LogP contribution in [0.4, 0.5) is 17.6 Å². The third-order valence-electron chi connectivity index (χ3n) is 6.77. The van der Waals surface area contributed by atoms with E-state index < -0.39 is 35.8 Å². The summed E-state index contributed by atoms with van der Waals surface area (Å²) in [4.78, 5) is 37.8. The second kappa shape index (κ2) is 10.7. The molecular formula is C24H30F4N2O3. The van der Waals surface area contributed by atoms with Gasteiger partial charge in [0.05, 0.1) is 11.6 Å². The van der Waals surface area contributed by atoms with Crippen molar-refractivity contribution in [3.05, 3.63) is 35.1 Å². The van der Waals surface area contributed by atoms with Crippen LogP contribution in [0.25, 0.3) is 0 Å². The monoisotopic (exact) mass is 470 g/mol. The van der Waals surface area contributed by atoms with Crippen molar-refractivity contribution in [3.8, 4) is 0 Å². The fourth-order valence-corrected chi connectivity index (χ4v) is 5.00. The van der Waals surface area contributed by atoms with Crippen molar-refractivity contribution in [2.75, 3.05) is 13.1 Å². The van der Waals surface area contributed by atoms with Gasteiger partial charge in [0.2, 0.25) is 0 Å². The molecule has 3 rings (SSSR count). The smallest absolute Gasteiger partial charge is 0.342 e. The number of benzene rings is 1. The number of nitrogens with one attached hydrogen (secondary N) is 1. The van der Waals surface area contributed by atoms with E-state index in [0.29, 0.717) is 17.7 Å². The quantitative estimate of drug-likeness (QED) is 0.610. The van der Waals surface area contributed by atoms with Crippen molar-refractivity contribution in [2.24, 2.45) is 5.92 Å². The largest absolute Gasteiger partial charge is 0.471 e. The first-order valence-corrected chi connectivity index (χ1v) is 11.6. The first-order valence-electron chi connectivity index (χ1n) is 11.6. The zero-order chi connectivity index (χ0) is 24.2. The number of Topliss-reactive ketones (excluding diaryl/α,β-unsaturated/α-hetero) is 1. The lowest BCUT2D eigenvalue weighted by Gasteiger charge is -2.33. The Balaban J connectivity index is 1.79. The molecule has 2 unspecified atom stereocenters. The number of carbonyl (C=O) groups excluding carboxylic acids is 3. The van der Waals surface area contributed by atoms with Gasteiger partial charge in [-0.2, -0.15) is 13.2 Å². The van der Waals surface area contributed by atoms with Crippen LogP contribution in [0.15, 0.2) is 18.2 Å². The molecule has 1 saturated heterocycles. The van der Waals surface area contributed by atoms with Gasteiger partial charge in [-0.15, -0.1) is 0 Å². The van der Waals surface area contributed by atoms with Gasteiger partial charge in [-0.3, -0.25) is 14.4 Å². The van der Waals surface area contributed by atoms with Crippen LogP contribution >= 0.6 is 0 Å². The van der Waals surface area contributed by atoms with Crippen molar-refractivity contribution in [1.29, 1.82) is 0 Å². The predicted molar refractivity (Wildman–Crippen MR) is 114 cm³/mol. The van der Waals surface area contributed by atoms with E-state index in [4.69, 9.17) is 0 Å². The Kier molecular flexibility index (Phi) is 8.13. The molecule has 182 valence electrons. The Bertz CT molecular complexity index is 881. The minimum Gasteiger partial charge on any atom is -0.342 e. The zero-order valence-corrected chi connectivity index (χ0v) is 18.7. The normalized spacial score (nSPS) is 20.9. The number of ketones is 1. The standard InChI is InChI=1S/C24H30F4N2O3/c1-2-19(31)21(15-8-4-3-5-9-15)29-22(32)18-12-6-11-17(20(18)25)16-10-7-13-30(14-16)23(33)24(26,27)28/h6,11-12,15-16,21H,2-5,7-10,13-14H2,1H3,(H,29,32). The van der Waals surface area contributed by atoms with Gasteiger partial charge in [0, 0.05) is 25.4 Å². The van der Waals surface area contributed by atoms with Gasteiger partial charge < -0.3 is 10.2 Å². The number of alkyl halides is 3. The van der Waals surface area contributed by atoms with Crippen LogP contribution < -0.4 is 5.32 Å². The zero-order valence-electron chi connectivity index (χ0n) is 18.7. The van der Waals surface area contributed by atoms with E-state index in [0.717, 1.165) is 32.1 Å². The van der Waals surface area contributed by atoms with E-state index in [1.54, 1.807) is 6.92 Å². The number of piperidine rings is 1. The van der Waals surface area contributed by atoms with Gasteiger partial charge in [0.15, 0.2) is 5.78 Å². The summed E-state index contributed by atoms with van der Waals surface area (Å²) in [7, 11) is 0. The maximum absolute atomic E-state index is 15.4. The van der Waals surface area contributed by atoms with E-state index in [1.807, 2.05) is 0 Å². The summed E-state index contributed by atoms with van der Waals surface area (Å²) in [6.07, 6.45) is 0.675. The predicted octanol–water partition coefficient (Wildman–Crippen LogP) is 4.75. The van der Waals surface area contributed by atoms with Crippen molar-refractivity contribution < 1.29 is 31.9 Å². The third-order valence-corrected chi connectivity index (χ3v) is 6.77. The molecule has 2 amide bonds. The summed E-state index contributed by atoms with van der Waals surface area (Å²) in [6.45, 7) is 1.42. The van der Waals surface area contributed by atoms with Crippen LogP contribution in [0.5, 0.6) is 0 Å². The van der Waals surface area contributed by atoms with E-state index in [1.165, 1.54) is 18.2 Å². The van der Waals surface area contributed by atoms with Crippen LogP contribution in [-0.4, -0.2) is 47.8 Å². The molecule has 2 fully saturated rings. The highest BCUT2D eigenvalue weighted by molar-refractivity contribution is 5.98. The Morgan fingerprint density at radius 2 is 1.79 bits per heavy atom. The van der Waals surface area contributed by atoms with Crippen LogP contribution in [0.1, 0.15) is 80.1 Å². The summed E-state index contributed by atoms with van der Waals surface area (Å²) in [6, 6.07) is 3.55. The molecule has 1 aromatic carbocycles. The highest BCUT2D eigenvalue weighted by Gasteiger charge is 2.44. The number of hydrogen-bond donors (Lipinski definition) is 1. The highest BCUT2D eigenvalue weighted by Crippen LogP contribution is 2.32. The average Bonchev–Trinajstić information content (AvgIpc) is 2.81. The lowest BCUT2D eigenvalue weighted by atomic mass is 9.81. The van der Waals surface area contributed by atoms with Gasteiger partial charge in [0.25, 0.3) is 5.91 Å². The maximum Gasteiger partial charge on any atom is 0.471 e. The van der Waals surface area contributed by atoms with E-state index >= 15 is 4.39 Å². The van der Waals surface area contributed by atoms with Gasteiger partial charge in [-0.05, 0) is 43.2 Å². The molecule has 33 heavy (non-hydrogen) atoms. The van der Waals surface area contributed by atoms with Crippen molar-refractivity contribution in [1.82, 2.24) is 10.2 Å². The second-order valence-electron chi connectivity index (χ2n) is 8.97. The van der Waals surface area contributed by atoms with E-state index in [-0.39, 0.29) is 42.3 Å². The highest BCUT2D eigenvalue weighted by atomic mass is 19.4. The molecule has 0 radical (unpaired) electrons. The number of nitrogens with zero attached hydrogens (tertiary/aromatic N) is 1. The van der Waals surface area contributed by atoms with Crippen LogP contribution in [-0.2, 0) is 9.59 Å². The fraction of sp³-hybridized carbons (Fsp3) is 0.625. The summed E-state index contributed by atoms with van der Waals surface area (Å²) in [5.74, 6) is -4.18. The lowest BCUT2D eigenvalue weighted by molar-refractivity contribution is -0.186. The van der Waals surface area contributed by atoms with Crippen molar-refractivity contribution >= 4 is 17.6 Å². The number of hydrogen-bond acceptors (Lipinski definition) is 3. The van der Waals surface area contributed by atoms with Crippen LogP contribution in [0.3, 0.4) is 0 Å². The molecule has 9 heteroatoms. The topological polar surface area (TPSA) is 66.5 Å². The number of likely N-dealkylation sites (tertiary alicyclic amines) is 1. The van der Waals surface area contributed by atoms with Gasteiger partial charge >= 0.3 is 12.1 Å². The molecule has 2 aliphatic rings. The van der Waals surface area contributed by atoms with E-state index in [2.05, 4.69) is 5.32 Å². The minimum atomic E-state index is -4.98. The Morgan fingerprint density at radius 1 is 1.09 bits per heavy atom. The molecular weight excluding hydrogens is 440 g/mol. The molecule has 1 saturated carbocycles. The fourth-order valence-electron chi connectivity index (χ4n) is 5.00. The summed E-state index contributed by atoms with van der Waals surface area (Å²) in [5.41, 5.74) is -0.130. The third kappa shape index (κ3) is 5.92. The Labute approximate surface area is 190 Å². The average molecular weight is 471 g/mol. The summed E-state index contributed by atoms with van der Waals surface area (Å²) in [5, 5.41) is 2.73. The van der Waals surface area contributed by atoms with Crippen LogP contribution in [0, 0.1) is 11.7 Å². The molecule has 2 atom stereocenters. The number of amides is 2. The molecule has 1 N–H and O–H groups in total. The first-order chi connectivity index (χ1) is 15.6. The Hall–Kier alpha value is -2.45. The maximum atomic E-state index is 15.4. The molecule has 1 aromatic rings. The second-order valence-corrected chi connectivity index (χ2v) is 8.97. The number of carbonyl (C=O) groups is 3. The molecule has 1 aliphatic heterocycles. The van der Waals surface area contributed by atoms with Gasteiger partial charge in [0.1, 0.15) is 5.82 Å². The molecule has 5 nitrogen and oxygen atoms in total.